The van der Waals surface area contributed by atoms with Crippen LogP contribution in [0.4, 0.5) is 5.69 Å². The number of aryl methyl sites for hydroxylation is 2. The molecule has 2 aromatic carbocycles. The highest BCUT2D eigenvalue weighted by Gasteiger charge is 2.10. The third-order valence-electron chi connectivity index (χ3n) is 3.62. The van der Waals surface area contributed by atoms with Crippen molar-refractivity contribution in [2.45, 2.75) is 33.2 Å². The van der Waals surface area contributed by atoms with E-state index in [0.717, 1.165) is 22.7 Å². The lowest BCUT2D eigenvalue weighted by molar-refractivity contribution is 0.629. The van der Waals surface area contributed by atoms with E-state index in [1.54, 1.807) is 0 Å². The third-order valence-corrected chi connectivity index (χ3v) is 4.25. The summed E-state index contributed by atoms with van der Waals surface area (Å²) >= 11 is 11.6. The first kappa shape index (κ1) is 16.8. The lowest BCUT2D eigenvalue weighted by atomic mass is 10.0. The van der Waals surface area contributed by atoms with E-state index in [4.69, 9.17) is 23.8 Å². The molecule has 22 heavy (non-hydrogen) atoms. The van der Waals surface area contributed by atoms with Gasteiger partial charge in [-0.1, -0.05) is 54.4 Å². The zero-order chi connectivity index (χ0) is 16.1. The van der Waals surface area contributed by atoms with Gasteiger partial charge in [0.1, 0.15) is 0 Å². The van der Waals surface area contributed by atoms with Gasteiger partial charge in [0, 0.05) is 10.7 Å². The minimum absolute atomic E-state index is 0.196. The lowest BCUT2D eigenvalue weighted by Gasteiger charge is -2.20. The van der Waals surface area contributed by atoms with E-state index >= 15 is 0 Å². The fraction of sp³-hybridized carbons (Fsp3) is 0.278. The van der Waals surface area contributed by atoms with Crippen molar-refractivity contribution in [3.8, 4) is 0 Å². The van der Waals surface area contributed by atoms with Crippen molar-refractivity contribution in [1.29, 1.82) is 0 Å². The zero-order valence-electron chi connectivity index (χ0n) is 13.1. The molecule has 0 fully saturated rings. The van der Waals surface area contributed by atoms with Crippen LogP contribution in [-0.2, 0) is 0 Å². The fourth-order valence-corrected chi connectivity index (χ4v) is 2.66. The van der Waals surface area contributed by atoms with Crippen molar-refractivity contribution in [3.05, 3.63) is 64.2 Å². The summed E-state index contributed by atoms with van der Waals surface area (Å²) in [6.45, 7) is 6.21. The summed E-state index contributed by atoms with van der Waals surface area (Å²) in [7, 11) is 0. The van der Waals surface area contributed by atoms with Crippen LogP contribution in [0, 0.1) is 13.8 Å². The number of benzene rings is 2. The Morgan fingerprint density at radius 1 is 1.14 bits per heavy atom. The van der Waals surface area contributed by atoms with Gasteiger partial charge in [-0.05, 0) is 55.7 Å². The van der Waals surface area contributed by atoms with Crippen LogP contribution in [0.5, 0.6) is 0 Å². The third kappa shape index (κ3) is 4.46. The standard InChI is InChI=1S/C18H21ClN2S/c1-4-17(14-8-5-12(2)6-9-14)21-18(22)20-15-10-7-13(3)16(19)11-15/h5-11,17H,4H2,1-3H3,(H2,20,21,22)/t17-/m0/s1. The Bertz CT molecular complexity index is 653. The molecular formula is C18H21ClN2S. The topological polar surface area (TPSA) is 24.1 Å². The Morgan fingerprint density at radius 2 is 1.82 bits per heavy atom. The minimum atomic E-state index is 0.196. The molecule has 4 heteroatoms. The Hall–Kier alpha value is -1.58. The van der Waals surface area contributed by atoms with E-state index < -0.39 is 0 Å². The van der Waals surface area contributed by atoms with E-state index in [1.165, 1.54) is 11.1 Å². The van der Waals surface area contributed by atoms with Crippen molar-refractivity contribution in [2.24, 2.45) is 0 Å². The highest BCUT2D eigenvalue weighted by Crippen LogP contribution is 2.21. The van der Waals surface area contributed by atoms with Crippen LogP contribution in [0.3, 0.4) is 0 Å². The Morgan fingerprint density at radius 3 is 2.41 bits per heavy atom. The fourth-order valence-electron chi connectivity index (χ4n) is 2.22. The Kier molecular flexibility index (Phi) is 5.81. The van der Waals surface area contributed by atoms with Crippen molar-refractivity contribution in [3.63, 3.8) is 0 Å². The molecule has 0 bridgehead atoms. The summed E-state index contributed by atoms with van der Waals surface area (Å²) in [5, 5.41) is 7.89. The molecule has 0 spiro atoms. The smallest absolute Gasteiger partial charge is 0.171 e. The molecule has 2 rings (SSSR count). The first-order valence-electron chi connectivity index (χ1n) is 7.40. The molecule has 2 nitrogen and oxygen atoms in total. The monoisotopic (exact) mass is 332 g/mol. The molecule has 0 aliphatic rings. The molecule has 1 atom stereocenters. The summed E-state index contributed by atoms with van der Waals surface area (Å²) in [6, 6.07) is 14.6. The maximum atomic E-state index is 6.14. The summed E-state index contributed by atoms with van der Waals surface area (Å²) in [5.41, 5.74) is 4.44. The Balaban J connectivity index is 2.02. The van der Waals surface area contributed by atoms with Gasteiger partial charge >= 0.3 is 0 Å². The van der Waals surface area contributed by atoms with Crippen molar-refractivity contribution in [1.82, 2.24) is 5.32 Å². The molecule has 0 unspecified atom stereocenters. The van der Waals surface area contributed by atoms with Gasteiger partial charge in [0.05, 0.1) is 6.04 Å². The predicted molar refractivity (Wildman–Crippen MR) is 99.8 cm³/mol. The SMILES string of the molecule is CC[C@H](NC(=S)Nc1ccc(C)c(Cl)c1)c1ccc(C)cc1. The van der Waals surface area contributed by atoms with Gasteiger partial charge in [-0.3, -0.25) is 0 Å². The molecule has 0 heterocycles. The van der Waals surface area contributed by atoms with Crippen LogP contribution < -0.4 is 10.6 Å². The highest BCUT2D eigenvalue weighted by molar-refractivity contribution is 7.80. The number of rotatable bonds is 4. The van der Waals surface area contributed by atoms with Gasteiger partial charge in [0.25, 0.3) is 0 Å². The van der Waals surface area contributed by atoms with Gasteiger partial charge < -0.3 is 10.6 Å². The summed E-state index contributed by atoms with van der Waals surface area (Å²) < 4.78 is 0. The van der Waals surface area contributed by atoms with Gasteiger partial charge in [-0.2, -0.15) is 0 Å². The van der Waals surface area contributed by atoms with Gasteiger partial charge in [0.2, 0.25) is 0 Å². The van der Waals surface area contributed by atoms with Crippen molar-refractivity contribution < 1.29 is 0 Å². The maximum Gasteiger partial charge on any atom is 0.171 e. The van der Waals surface area contributed by atoms with Crippen LogP contribution in [0.1, 0.15) is 36.1 Å². The molecule has 2 N–H and O–H groups in total. The van der Waals surface area contributed by atoms with E-state index in [0.29, 0.717) is 5.11 Å². The first-order valence-corrected chi connectivity index (χ1v) is 8.18. The average Bonchev–Trinajstić information content (AvgIpc) is 2.49. The second kappa shape index (κ2) is 7.61. The predicted octanol–water partition coefficient (Wildman–Crippen LogP) is 5.39. The number of halogens is 1. The Labute approximate surface area is 142 Å². The lowest BCUT2D eigenvalue weighted by Crippen LogP contribution is -2.32. The van der Waals surface area contributed by atoms with Crippen LogP contribution in [0.15, 0.2) is 42.5 Å². The summed E-state index contributed by atoms with van der Waals surface area (Å²) in [6.07, 6.45) is 0.958. The van der Waals surface area contributed by atoms with Crippen LogP contribution in [-0.4, -0.2) is 5.11 Å². The normalized spacial score (nSPS) is 11.8. The second-order valence-corrected chi connectivity index (χ2v) is 6.25. The summed E-state index contributed by atoms with van der Waals surface area (Å²) in [4.78, 5) is 0. The maximum absolute atomic E-state index is 6.14. The van der Waals surface area contributed by atoms with E-state index in [2.05, 4.69) is 48.7 Å². The molecule has 0 amide bonds. The van der Waals surface area contributed by atoms with Gasteiger partial charge in [-0.15, -0.1) is 0 Å². The van der Waals surface area contributed by atoms with Crippen molar-refractivity contribution in [2.75, 3.05) is 5.32 Å². The highest BCUT2D eigenvalue weighted by atomic mass is 35.5. The molecule has 0 radical (unpaired) electrons. The number of nitrogens with one attached hydrogen (secondary N) is 2. The number of thiocarbonyl (C=S) groups is 1. The number of anilines is 1. The van der Waals surface area contributed by atoms with Crippen LogP contribution in [0.25, 0.3) is 0 Å². The summed E-state index contributed by atoms with van der Waals surface area (Å²) in [5.74, 6) is 0. The van der Waals surface area contributed by atoms with Gasteiger partial charge in [0.15, 0.2) is 5.11 Å². The molecule has 2 aromatic rings. The van der Waals surface area contributed by atoms with Crippen LogP contribution >= 0.6 is 23.8 Å². The minimum Gasteiger partial charge on any atom is -0.356 e. The first-order chi connectivity index (χ1) is 10.5. The number of hydrogen-bond donors (Lipinski definition) is 2. The second-order valence-electron chi connectivity index (χ2n) is 5.43. The molecule has 0 saturated heterocycles. The molecular weight excluding hydrogens is 312 g/mol. The molecule has 0 aliphatic heterocycles. The molecule has 0 aromatic heterocycles. The molecule has 0 aliphatic carbocycles. The number of hydrogen-bond acceptors (Lipinski definition) is 1. The van der Waals surface area contributed by atoms with Crippen LogP contribution in [0.2, 0.25) is 5.02 Å². The van der Waals surface area contributed by atoms with Crippen molar-refractivity contribution >= 4 is 34.6 Å². The van der Waals surface area contributed by atoms with E-state index in [1.807, 2.05) is 25.1 Å². The largest absolute Gasteiger partial charge is 0.356 e. The van der Waals surface area contributed by atoms with E-state index in [-0.39, 0.29) is 6.04 Å². The molecule has 0 saturated carbocycles. The zero-order valence-corrected chi connectivity index (χ0v) is 14.7. The van der Waals surface area contributed by atoms with E-state index in [9.17, 15) is 0 Å². The van der Waals surface area contributed by atoms with Gasteiger partial charge in [-0.25, -0.2) is 0 Å². The average molecular weight is 333 g/mol. The quantitative estimate of drug-likeness (QED) is 0.733. The molecule has 116 valence electrons.